The summed E-state index contributed by atoms with van der Waals surface area (Å²) in [7, 11) is -3.74. The van der Waals surface area contributed by atoms with E-state index in [4.69, 9.17) is 4.74 Å². The first-order valence-corrected chi connectivity index (χ1v) is 9.65. The Hall–Kier alpha value is -2.60. The summed E-state index contributed by atoms with van der Waals surface area (Å²) < 4.78 is 34.0. The van der Waals surface area contributed by atoms with Crippen LogP contribution in [0.3, 0.4) is 0 Å². The number of fused-ring (bicyclic) bond motifs is 1. The van der Waals surface area contributed by atoms with Crippen LogP contribution in [0.2, 0.25) is 0 Å². The van der Waals surface area contributed by atoms with Gasteiger partial charge in [-0.1, -0.05) is 19.1 Å². The number of nitrogens with zero attached hydrogens (tertiary/aromatic N) is 1. The van der Waals surface area contributed by atoms with Crippen LogP contribution in [0.5, 0.6) is 5.75 Å². The average Bonchev–Trinajstić information content (AvgIpc) is 2.62. The van der Waals surface area contributed by atoms with E-state index in [1.165, 1.54) is 0 Å². The van der Waals surface area contributed by atoms with Crippen LogP contribution in [-0.2, 0) is 16.4 Å². The molecule has 1 heterocycles. The van der Waals surface area contributed by atoms with Crippen molar-refractivity contribution < 1.29 is 13.2 Å². The summed E-state index contributed by atoms with van der Waals surface area (Å²) in [5.74, 6) is 0.574. The van der Waals surface area contributed by atoms with E-state index in [1.54, 1.807) is 36.5 Å². The standard InChI is InChI=1S/C19H20N2O3S/c1-3-14-7-5-8-15(13-14)21-25(22,23)18-11-10-17(24-4-2)19-16(18)9-6-12-20-19/h5-13,21H,3-4H2,1-2H3. The molecule has 0 atom stereocenters. The molecule has 0 fully saturated rings. The number of rotatable bonds is 6. The molecule has 3 aromatic rings. The van der Waals surface area contributed by atoms with Crippen LogP contribution in [0, 0.1) is 0 Å². The number of benzene rings is 2. The molecule has 1 N–H and O–H groups in total. The molecule has 0 unspecified atom stereocenters. The fraction of sp³-hybridized carbons (Fsp3) is 0.211. The molecular formula is C19H20N2O3S. The highest BCUT2D eigenvalue weighted by Crippen LogP contribution is 2.30. The zero-order valence-electron chi connectivity index (χ0n) is 14.2. The minimum Gasteiger partial charge on any atom is -0.492 e. The molecule has 130 valence electrons. The second kappa shape index (κ2) is 7.11. The van der Waals surface area contributed by atoms with Gasteiger partial charge in [0.25, 0.3) is 10.0 Å². The van der Waals surface area contributed by atoms with Gasteiger partial charge in [0.15, 0.2) is 0 Å². The molecule has 6 heteroatoms. The lowest BCUT2D eigenvalue weighted by Gasteiger charge is -2.13. The maximum Gasteiger partial charge on any atom is 0.262 e. The molecule has 0 aliphatic heterocycles. The fourth-order valence-electron chi connectivity index (χ4n) is 2.69. The number of hydrogen-bond acceptors (Lipinski definition) is 4. The Morgan fingerprint density at radius 3 is 2.68 bits per heavy atom. The molecular weight excluding hydrogens is 336 g/mol. The maximum atomic E-state index is 12.9. The number of anilines is 1. The third-order valence-electron chi connectivity index (χ3n) is 3.87. The van der Waals surface area contributed by atoms with Gasteiger partial charge in [-0.15, -0.1) is 0 Å². The number of ether oxygens (including phenoxy) is 1. The van der Waals surface area contributed by atoms with Crippen molar-refractivity contribution in [3.8, 4) is 5.75 Å². The zero-order valence-corrected chi connectivity index (χ0v) is 15.0. The first-order valence-electron chi connectivity index (χ1n) is 8.17. The van der Waals surface area contributed by atoms with Crippen molar-refractivity contribution in [3.05, 3.63) is 60.3 Å². The van der Waals surface area contributed by atoms with Crippen LogP contribution in [-0.4, -0.2) is 20.0 Å². The summed E-state index contributed by atoms with van der Waals surface area (Å²) in [4.78, 5) is 4.47. The lowest BCUT2D eigenvalue weighted by Crippen LogP contribution is -2.14. The lowest BCUT2D eigenvalue weighted by molar-refractivity contribution is 0.343. The summed E-state index contributed by atoms with van der Waals surface area (Å²) in [6.07, 6.45) is 2.46. The van der Waals surface area contributed by atoms with Crippen molar-refractivity contribution in [1.29, 1.82) is 0 Å². The molecule has 0 spiro atoms. The Kier molecular flexibility index (Phi) is 4.90. The molecule has 25 heavy (non-hydrogen) atoms. The van der Waals surface area contributed by atoms with E-state index in [0.29, 0.717) is 28.9 Å². The van der Waals surface area contributed by atoms with Gasteiger partial charge in [-0.05, 0) is 55.3 Å². The Labute approximate surface area is 147 Å². The van der Waals surface area contributed by atoms with E-state index in [1.807, 2.05) is 32.0 Å². The van der Waals surface area contributed by atoms with Gasteiger partial charge in [0, 0.05) is 17.3 Å². The zero-order chi connectivity index (χ0) is 17.9. The Bertz CT molecular complexity index is 1000. The molecule has 1 aromatic heterocycles. The number of aromatic nitrogens is 1. The third kappa shape index (κ3) is 3.58. The van der Waals surface area contributed by atoms with E-state index >= 15 is 0 Å². The van der Waals surface area contributed by atoms with Gasteiger partial charge in [0.2, 0.25) is 0 Å². The van der Waals surface area contributed by atoms with Gasteiger partial charge in [-0.3, -0.25) is 9.71 Å². The fourth-order valence-corrected chi connectivity index (χ4v) is 3.94. The van der Waals surface area contributed by atoms with E-state index < -0.39 is 10.0 Å². The van der Waals surface area contributed by atoms with Crippen molar-refractivity contribution in [3.63, 3.8) is 0 Å². The molecule has 0 radical (unpaired) electrons. The van der Waals surface area contributed by atoms with Gasteiger partial charge in [-0.25, -0.2) is 8.42 Å². The highest BCUT2D eigenvalue weighted by molar-refractivity contribution is 7.93. The molecule has 3 rings (SSSR count). The van der Waals surface area contributed by atoms with Crippen LogP contribution in [0.1, 0.15) is 19.4 Å². The number of aryl methyl sites for hydroxylation is 1. The van der Waals surface area contributed by atoms with E-state index in [9.17, 15) is 8.42 Å². The highest BCUT2D eigenvalue weighted by atomic mass is 32.2. The SMILES string of the molecule is CCOc1ccc(S(=O)(=O)Nc2cccc(CC)c2)c2cccnc12. The monoisotopic (exact) mass is 356 g/mol. The molecule has 0 saturated carbocycles. The lowest BCUT2D eigenvalue weighted by atomic mass is 10.1. The quantitative estimate of drug-likeness (QED) is 0.725. The van der Waals surface area contributed by atoms with Gasteiger partial charge in [0.1, 0.15) is 11.3 Å². The minimum absolute atomic E-state index is 0.181. The van der Waals surface area contributed by atoms with E-state index in [2.05, 4.69) is 9.71 Å². The van der Waals surface area contributed by atoms with Crippen molar-refractivity contribution in [2.45, 2.75) is 25.2 Å². The number of sulfonamides is 1. The van der Waals surface area contributed by atoms with Gasteiger partial charge < -0.3 is 4.74 Å². The maximum absolute atomic E-state index is 12.9. The number of hydrogen-bond donors (Lipinski definition) is 1. The second-order valence-corrected chi connectivity index (χ2v) is 7.20. The van der Waals surface area contributed by atoms with Crippen molar-refractivity contribution in [2.75, 3.05) is 11.3 Å². The molecule has 0 saturated heterocycles. The molecule has 5 nitrogen and oxygen atoms in total. The topological polar surface area (TPSA) is 68.3 Å². The Balaban J connectivity index is 2.07. The Morgan fingerprint density at radius 1 is 1.08 bits per heavy atom. The highest BCUT2D eigenvalue weighted by Gasteiger charge is 2.20. The molecule has 0 bridgehead atoms. The Morgan fingerprint density at radius 2 is 1.92 bits per heavy atom. The van der Waals surface area contributed by atoms with Crippen molar-refractivity contribution in [2.24, 2.45) is 0 Å². The van der Waals surface area contributed by atoms with Gasteiger partial charge in [-0.2, -0.15) is 0 Å². The van der Waals surface area contributed by atoms with E-state index in [0.717, 1.165) is 12.0 Å². The molecule has 0 aliphatic rings. The largest absolute Gasteiger partial charge is 0.492 e. The summed E-state index contributed by atoms with van der Waals surface area (Å²) in [5.41, 5.74) is 2.15. The van der Waals surface area contributed by atoms with Crippen LogP contribution in [0.15, 0.2) is 59.6 Å². The number of nitrogens with one attached hydrogen (secondary N) is 1. The summed E-state index contributed by atoms with van der Waals surface area (Å²) >= 11 is 0. The minimum atomic E-state index is -3.74. The molecule has 0 aliphatic carbocycles. The van der Waals surface area contributed by atoms with Gasteiger partial charge in [0.05, 0.1) is 11.5 Å². The van der Waals surface area contributed by atoms with Crippen LogP contribution in [0.4, 0.5) is 5.69 Å². The summed E-state index contributed by atoms with van der Waals surface area (Å²) in [6, 6.07) is 14.0. The average molecular weight is 356 g/mol. The number of pyridine rings is 1. The molecule has 2 aromatic carbocycles. The third-order valence-corrected chi connectivity index (χ3v) is 5.31. The van der Waals surface area contributed by atoms with Crippen LogP contribution < -0.4 is 9.46 Å². The summed E-state index contributed by atoms with van der Waals surface area (Å²) in [5, 5.41) is 0.535. The first kappa shape index (κ1) is 17.2. The summed E-state index contributed by atoms with van der Waals surface area (Å²) in [6.45, 7) is 4.39. The van der Waals surface area contributed by atoms with Gasteiger partial charge >= 0.3 is 0 Å². The van der Waals surface area contributed by atoms with E-state index in [-0.39, 0.29) is 4.90 Å². The first-order chi connectivity index (χ1) is 12.0. The van der Waals surface area contributed by atoms with Crippen molar-refractivity contribution in [1.82, 2.24) is 4.98 Å². The predicted octanol–water partition coefficient (Wildman–Crippen LogP) is 4.00. The van der Waals surface area contributed by atoms with Crippen molar-refractivity contribution >= 4 is 26.6 Å². The molecule has 0 amide bonds. The normalized spacial score (nSPS) is 11.4. The predicted molar refractivity (Wildman–Crippen MR) is 99.5 cm³/mol. The smallest absolute Gasteiger partial charge is 0.262 e. The van der Waals surface area contributed by atoms with Crippen LogP contribution >= 0.6 is 0 Å². The van der Waals surface area contributed by atoms with Crippen LogP contribution in [0.25, 0.3) is 10.9 Å². The second-order valence-electron chi connectivity index (χ2n) is 5.55.